The highest BCUT2D eigenvalue weighted by molar-refractivity contribution is 7.99. The van der Waals surface area contributed by atoms with E-state index in [2.05, 4.69) is 20.6 Å². The minimum Gasteiger partial charge on any atom is -0.324 e. The quantitative estimate of drug-likeness (QED) is 0.288. The molecular weight excluding hydrogens is 453 g/mol. The Kier molecular flexibility index (Phi) is 7.29. The van der Waals surface area contributed by atoms with Gasteiger partial charge in [-0.15, -0.1) is 10.2 Å². The first-order chi connectivity index (χ1) is 14.4. The van der Waals surface area contributed by atoms with Gasteiger partial charge in [0, 0.05) is 24.5 Å². The zero-order valence-electron chi connectivity index (χ0n) is 15.8. The van der Waals surface area contributed by atoms with Crippen molar-refractivity contribution in [3.63, 3.8) is 0 Å². The van der Waals surface area contributed by atoms with Crippen LogP contribution in [0.1, 0.15) is 12.7 Å². The second kappa shape index (κ2) is 9.92. The monoisotopic (exact) mass is 469 g/mol. The SMILES string of the molecule is CCn1c(CCn2cc([N+](=O)[O-])cn2)nnc1SCC(=O)Nc1ccc(Cl)cc1Cl. The molecule has 0 aliphatic carbocycles. The number of halogens is 2. The normalized spacial score (nSPS) is 10.9. The number of carbonyl (C=O) groups is 1. The van der Waals surface area contributed by atoms with Crippen molar-refractivity contribution in [2.45, 2.75) is 31.6 Å². The van der Waals surface area contributed by atoms with Crippen LogP contribution in [-0.2, 0) is 24.3 Å². The second-order valence-corrected chi connectivity index (χ2v) is 7.86. The molecule has 0 saturated heterocycles. The van der Waals surface area contributed by atoms with E-state index in [9.17, 15) is 14.9 Å². The van der Waals surface area contributed by atoms with Crippen molar-refractivity contribution in [1.29, 1.82) is 0 Å². The number of nitro groups is 1. The lowest BCUT2D eigenvalue weighted by atomic mass is 10.3. The fraction of sp³-hybridized carbons (Fsp3) is 0.294. The number of aryl methyl sites for hydroxylation is 2. The minimum absolute atomic E-state index is 0.0602. The van der Waals surface area contributed by atoms with Crippen LogP contribution in [0, 0.1) is 10.1 Å². The minimum atomic E-state index is -0.491. The van der Waals surface area contributed by atoms with Gasteiger partial charge < -0.3 is 9.88 Å². The van der Waals surface area contributed by atoms with Gasteiger partial charge in [-0.25, -0.2) is 0 Å². The van der Waals surface area contributed by atoms with E-state index < -0.39 is 4.92 Å². The number of amides is 1. The number of benzene rings is 1. The van der Waals surface area contributed by atoms with Gasteiger partial charge in [0.2, 0.25) is 5.91 Å². The third kappa shape index (κ3) is 5.49. The average molecular weight is 470 g/mol. The molecule has 158 valence electrons. The molecule has 0 fully saturated rings. The van der Waals surface area contributed by atoms with E-state index in [0.717, 1.165) is 0 Å². The molecular formula is C17H17Cl2N7O3S. The van der Waals surface area contributed by atoms with Crippen LogP contribution in [0.25, 0.3) is 0 Å². The summed E-state index contributed by atoms with van der Waals surface area (Å²) in [6.07, 6.45) is 3.07. The number of nitrogens with zero attached hydrogens (tertiary/aromatic N) is 6. The predicted octanol–water partition coefficient (Wildman–Crippen LogP) is 3.68. The molecule has 3 rings (SSSR count). The summed E-state index contributed by atoms with van der Waals surface area (Å²) >= 11 is 13.2. The zero-order valence-corrected chi connectivity index (χ0v) is 18.1. The lowest BCUT2D eigenvalue weighted by Crippen LogP contribution is -2.15. The molecule has 1 N–H and O–H groups in total. The standard InChI is InChI=1S/C17H17Cl2N7O3S/c1-2-25-15(5-6-24-9-12(8-20-24)26(28)29)22-23-17(25)30-10-16(27)21-14-4-3-11(18)7-13(14)19/h3-4,7-9H,2,5-6,10H2,1H3,(H,21,27). The van der Waals surface area contributed by atoms with Crippen LogP contribution in [0.5, 0.6) is 0 Å². The molecule has 0 bridgehead atoms. The number of anilines is 1. The molecule has 1 aromatic carbocycles. The van der Waals surface area contributed by atoms with E-state index in [0.29, 0.717) is 46.2 Å². The summed E-state index contributed by atoms with van der Waals surface area (Å²) in [7, 11) is 0. The van der Waals surface area contributed by atoms with Gasteiger partial charge >= 0.3 is 5.69 Å². The van der Waals surface area contributed by atoms with Gasteiger partial charge in [0.15, 0.2) is 5.16 Å². The van der Waals surface area contributed by atoms with Crippen LogP contribution in [0.3, 0.4) is 0 Å². The summed E-state index contributed by atoms with van der Waals surface area (Å²) in [5.41, 5.74) is 0.424. The summed E-state index contributed by atoms with van der Waals surface area (Å²) in [6, 6.07) is 4.84. The van der Waals surface area contributed by atoms with Crippen LogP contribution in [-0.4, -0.2) is 41.1 Å². The molecule has 0 aliphatic heterocycles. The maximum absolute atomic E-state index is 12.2. The summed E-state index contributed by atoms with van der Waals surface area (Å²) in [5.74, 6) is 0.599. The Balaban J connectivity index is 1.58. The molecule has 0 radical (unpaired) electrons. The molecule has 0 atom stereocenters. The van der Waals surface area contributed by atoms with Crippen LogP contribution < -0.4 is 5.32 Å². The first-order valence-electron chi connectivity index (χ1n) is 8.84. The van der Waals surface area contributed by atoms with Crippen LogP contribution in [0.4, 0.5) is 11.4 Å². The Labute approximate surface area is 185 Å². The molecule has 10 nitrogen and oxygen atoms in total. The fourth-order valence-electron chi connectivity index (χ4n) is 2.62. The average Bonchev–Trinajstić information content (AvgIpc) is 3.33. The van der Waals surface area contributed by atoms with Crippen molar-refractivity contribution < 1.29 is 9.72 Å². The van der Waals surface area contributed by atoms with Gasteiger partial charge in [0.25, 0.3) is 0 Å². The van der Waals surface area contributed by atoms with E-state index in [1.807, 2.05) is 11.5 Å². The van der Waals surface area contributed by atoms with Gasteiger partial charge in [-0.3, -0.25) is 19.6 Å². The van der Waals surface area contributed by atoms with Crippen LogP contribution >= 0.6 is 35.0 Å². The summed E-state index contributed by atoms with van der Waals surface area (Å²) < 4.78 is 3.38. The lowest BCUT2D eigenvalue weighted by Gasteiger charge is -2.09. The Hall–Kier alpha value is -2.63. The zero-order chi connectivity index (χ0) is 21.7. The highest BCUT2D eigenvalue weighted by Gasteiger charge is 2.15. The lowest BCUT2D eigenvalue weighted by molar-refractivity contribution is -0.385. The first kappa shape index (κ1) is 22.1. The maximum Gasteiger partial charge on any atom is 0.306 e. The van der Waals surface area contributed by atoms with E-state index in [1.54, 1.807) is 18.2 Å². The first-order valence-corrected chi connectivity index (χ1v) is 10.6. The number of aromatic nitrogens is 5. The summed E-state index contributed by atoms with van der Waals surface area (Å²) in [6.45, 7) is 2.99. The van der Waals surface area contributed by atoms with E-state index >= 15 is 0 Å². The molecule has 30 heavy (non-hydrogen) atoms. The summed E-state index contributed by atoms with van der Waals surface area (Å²) in [4.78, 5) is 22.5. The van der Waals surface area contributed by atoms with Crippen molar-refractivity contribution in [2.24, 2.45) is 0 Å². The van der Waals surface area contributed by atoms with Gasteiger partial charge in [-0.2, -0.15) is 5.10 Å². The fourth-order valence-corrected chi connectivity index (χ4v) is 3.90. The number of nitrogens with one attached hydrogen (secondary N) is 1. The number of carbonyl (C=O) groups excluding carboxylic acids is 1. The topological polar surface area (TPSA) is 121 Å². The molecule has 0 aliphatic rings. The molecule has 1 amide bonds. The van der Waals surface area contributed by atoms with E-state index in [1.165, 1.54) is 28.8 Å². The Bertz CT molecular complexity index is 1070. The third-order valence-corrected chi connectivity index (χ3v) is 5.56. The van der Waals surface area contributed by atoms with E-state index in [-0.39, 0.29) is 17.3 Å². The molecule has 13 heteroatoms. The summed E-state index contributed by atoms with van der Waals surface area (Å²) in [5, 5.41) is 27.2. The highest BCUT2D eigenvalue weighted by atomic mass is 35.5. The van der Waals surface area contributed by atoms with Gasteiger partial charge in [-0.05, 0) is 25.1 Å². The highest BCUT2D eigenvalue weighted by Crippen LogP contribution is 2.26. The van der Waals surface area contributed by atoms with Crippen molar-refractivity contribution >= 4 is 52.2 Å². The van der Waals surface area contributed by atoms with Crippen molar-refractivity contribution in [3.05, 3.63) is 56.6 Å². The number of thioether (sulfide) groups is 1. The largest absolute Gasteiger partial charge is 0.324 e. The Morgan fingerprint density at radius 3 is 2.80 bits per heavy atom. The smallest absolute Gasteiger partial charge is 0.306 e. The molecule has 3 aromatic rings. The number of hydrogen-bond donors (Lipinski definition) is 1. The van der Waals surface area contributed by atoms with Crippen LogP contribution in [0.2, 0.25) is 10.0 Å². The van der Waals surface area contributed by atoms with E-state index in [4.69, 9.17) is 23.2 Å². The van der Waals surface area contributed by atoms with Gasteiger partial charge in [-0.1, -0.05) is 35.0 Å². The third-order valence-electron chi connectivity index (χ3n) is 4.04. The Morgan fingerprint density at radius 2 is 2.13 bits per heavy atom. The van der Waals surface area contributed by atoms with Gasteiger partial charge in [0.05, 0.1) is 21.4 Å². The Morgan fingerprint density at radius 1 is 1.33 bits per heavy atom. The van der Waals surface area contributed by atoms with Crippen molar-refractivity contribution in [2.75, 3.05) is 11.1 Å². The molecule has 2 heterocycles. The molecule has 0 spiro atoms. The van der Waals surface area contributed by atoms with Crippen molar-refractivity contribution in [1.82, 2.24) is 24.5 Å². The second-order valence-electron chi connectivity index (χ2n) is 6.07. The number of hydrogen-bond acceptors (Lipinski definition) is 7. The molecule has 0 unspecified atom stereocenters. The molecule has 2 aromatic heterocycles. The maximum atomic E-state index is 12.2. The van der Waals surface area contributed by atoms with Crippen LogP contribution in [0.15, 0.2) is 35.7 Å². The molecule has 0 saturated carbocycles. The van der Waals surface area contributed by atoms with Gasteiger partial charge in [0.1, 0.15) is 18.2 Å². The number of rotatable bonds is 9. The predicted molar refractivity (Wildman–Crippen MR) is 114 cm³/mol. The van der Waals surface area contributed by atoms with Crippen molar-refractivity contribution in [3.8, 4) is 0 Å².